The van der Waals surface area contributed by atoms with E-state index in [0.29, 0.717) is 24.4 Å². The van der Waals surface area contributed by atoms with Gasteiger partial charge in [0.1, 0.15) is 6.61 Å². The second kappa shape index (κ2) is 8.22. The van der Waals surface area contributed by atoms with E-state index in [2.05, 4.69) is 15.0 Å². The Morgan fingerprint density at radius 1 is 0.964 bits per heavy atom. The second-order valence-corrected chi connectivity index (χ2v) is 8.98. The molecule has 0 atom stereocenters. The van der Waals surface area contributed by atoms with Crippen LogP contribution in [-0.2, 0) is 21.4 Å². The van der Waals surface area contributed by atoms with Gasteiger partial charge in [-0.3, -0.25) is 4.72 Å². The number of hydrogen-bond donors (Lipinski definition) is 2. The van der Waals surface area contributed by atoms with Gasteiger partial charge < -0.3 is 10.1 Å². The Labute approximate surface area is 166 Å². The second-order valence-electron chi connectivity index (χ2n) is 7.30. The molecule has 0 bridgehead atoms. The predicted molar refractivity (Wildman–Crippen MR) is 110 cm³/mol. The lowest BCUT2D eigenvalue weighted by Gasteiger charge is -2.23. The molecule has 6 nitrogen and oxygen atoms in total. The molecule has 1 aliphatic carbocycles. The summed E-state index contributed by atoms with van der Waals surface area (Å²) in [6.07, 6.45) is 7.38. The van der Waals surface area contributed by atoms with Crippen molar-refractivity contribution in [1.29, 1.82) is 0 Å². The topological polar surface area (TPSA) is 79.8 Å². The monoisotopic (exact) mass is 399 g/mol. The smallest absolute Gasteiger partial charge is 0.290 e. The van der Waals surface area contributed by atoms with E-state index in [1.165, 1.54) is 25.7 Å². The third-order valence-electron chi connectivity index (χ3n) is 5.15. The van der Waals surface area contributed by atoms with Gasteiger partial charge in [0.15, 0.2) is 0 Å². The van der Waals surface area contributed by atoms with E-state index in [-0.39, 0.29) is 4.90 Å². The van der Waals surface area contributed by atoms with Crippen LogP contribution in [-0.4, -0.2) is 20.5 Å². The molecule has 28 heavy (non-hydrogen) atoms. The number of amidine groups is 1. The predicted octanol–water partition coefficient (Wildman–Crippen LogP) is 4.32. The number of aliphatic imine (C=N–C) groups is 1. The molecule has 1 heterocycles. The van der Waals surface area contributed by atoms with Gasteiger partial charge in [0.25, 0.3) is 16.0 Å². The molecule has 1 fully saturated rings. The fraction of sp³-hybridized carbons (Fsp3) is 0.381. The average Bonchev–Trinajstić information content (AvgIpc) is 2.97. The number of hydrogen-bond acceptors (Lipinski definition) is 5. The van der Waals surface area contributed by atoms with Crippen molar-refractivity contribution in [3.05, 3.63) is 54.1 Å². The molecule has 0 radical (unpaired) electrons. The maximum atomic E-state index is 12.5. The van der Waals surface area contributed by atoms with Gasteiger partial charge in [0, 0.05) is 17.3 Å². The van der Waals surface area contributed by atoms with Crippen molar-refractivity contribution in [2.45, 2.75) is 56.1 Å². The van der Waals surface area contributed by atoms with Crippen LogP contribution in [0.25, 0.3) is 0 Å². The van der Waals surface area contributed by atoms with Crippen LogP contribution in [0, 0.1) is 0 Å². The van der Waals surface area contributed by atoms with Crippen LogP contribution < -0.4 is 10.0 Å². The minimum absolute atomic E-state index is 0.233. The first kappa shape index (κ1) is 18.8. The van der Waals surface area contributed by atoms with Gasteiger partial charge in [-0.2, -0.15) is 4.99 Å². The minimum Gasteiger partial charge on any atom is -0.460 e. The Morgan fingerprint density at radius 2 is 1.71 bits per heavy atom. The molecule has 2 aliphatic rings. The van der Waals surface area contributed by atoms with E-state index < -0.39 is 10.0 Å². The summed E-state index contributed by atoms with van der Waals surface area (Å²) < 4.78 is 33.4. The van der Waals surface area contributed by atoms with Crippen LogP contribution in [0.4, 0.5) is 11.4 Å². The van der Waals surface area contributed by atoms with E-state index in [4.69, 9.17) is 4.74 Å². The molecule has 0 aromatic heterocycles. The summed E-state index contributed by atoms with van der Waals surface area (Å²) in [7, 11) is -3.61. The van der Waals surface area contributed by atoms with Crippen molar-refractivity contribution in [3.63, 3.8) is 0 Å². The number of ether oxygens (including phenoxy) is 1. The van der Waals surface area contributed by atoms with Crippen molar-refractivity contribution in [2.75, 3.05) is 4.72 Å². The molecule has 0 amide bonds. The first-order chi connectivity index (χ1) is 13.6. The molecular formula is C21H25N3O3S. The summed E-state index contributed by atoms with van der Waals surface area (Å²) in [6, 6.07) is 14.7. The number of nitrogens with one attached hydrogen (secondary N) is 2. The average molecular weight is 400 g/mol. The fourth-order valence-electron chi connectivity index (χ4n) is 3.65. The number of fused-ring (bicyclic) bond motifs is 1. The summed E-state index contributed by atoms with van der Waals surface area (Å²) in [6.45, 7) is 0.370. The number of rotatable bonds is 4. The van der Waals surface area contributed by atoms with E-state index >= 15 is 0 Å². The maximum Gasteiger partial charge on any atom is 0.290 e. The standard InChI is InChI=1S/C21H25N3O3S/c25-28(26,19-10-6-3-7-11-19)24-18-12-13-20-16(14-18)15-27-21(23-20)22-17-8-4-1-2-5-9-17/h3,6-7,10-14,17,24H,1-2,4-5,8-9,15H2,(H,22,23). The van der Waals surface area contributed by atoms with E-state index in [1.54, 1.807) is 42.5 Å². The van der Waals surface area contributed by atoms with E-state index in [0.717, 1.165) is 24.1 Å². The van der Waals surface area contributed by atoms with Gasteiger partial charge in [-0.05, 0) is 43.2 Å². The first-order valence-electron chi connectivity index (χ1n) is 9.79. The molecule has 2 aromatic carbocycles. The Balaban J connectivity index is 1.47. The zero-order valence-electron chi connectivity index (χ0n) is 15.7. The third-order valence-corrected chi connectivity index (χ3v) is 6.55. The van der Waals surface area contributed by atoms with Crippen LogP contribution in [0.5, 0.6) is 0 Å². The fourth-order valence-corrected chi connectivity index (χ4v) is 4.72. The van der Waals surface area contributed by atoms with Crippen LogP contribution in [0.1, 0.15) is 44.1 Å². The number of benzene rings is 2. The summed E-state index contributed by atoms with van der Waals surface area (Å²) in [5.74, 6) is 0. The van der Waals surface area contributed by atoms with Crippen molar-refractivity contribution < 1.29 is 13.2 Å². The Kier molecular flexibility index (Phi) is 5.52. The Bertz CT molecular complexity index is 950. The molecule has 2 N–H and O–H groups in total. The molecule has 148 valence electrons. The molecule has 7 heteroatoms. The molecule has 2 aromatic rings. The van der Waals surface area contributed by atoms with Crippen molar-refractivity contribution >= 4 is 27.4 Å². The highest BCUT2D eigenvalue weighted by atomic mass is 32.2. The van der Waals surface area contributed by atoms with Crippen LogP contribution in [0.3, 0.4) is 0 Å². The summed E-state index contributed by atoms with van der Waals surface area (Å²) in [5.41, 5.74) is 2.17. The molecule has 0 spiro atoms. The van der Waals surface area contributed by atoms with Gasteiger partial charge >= 0.3 is 0 Å². The van der Waals surface area contributed by atoms with Gasteiger partial charge in [0.2, 0.25) is 0 Å². The van der Waals surface area contributed by atoms with Crippen molar-refractivity contribution in [2.24, 2.45) is 4.99 Å². The minimum atomic E-state index is -3.61. The molecule has 0 saturated heterocycles. The zero-order valence-corrected chi connectivity index (χ0v) is 16.5. The molecular weight excluding hydrogens is 374 g/mol. The maximum absolute atomic E-state index is 12.5. The summed E-state index contributed by atoms with van der Waals surface area (Å²) in [4.78, 5) is 4.81. The molecule has 1 aliphatic heterocycles. The normalized spacial score (nSPS) is 17.6. The number of sulfonamides is 1. The van der Waals surface area contributed by atoms with Crippen molar-refractivity contribution in [1.82, 2.24) is 5.32 Å². The van der Waals surface area contributed by atoms with Gasteiger partial charge in [-0.15, -0.1) is 0 Å². The van der Waals surface area contributed by atoms with Crippen LogP contribution in [0.2, 0.25) is 0 Å². The lowest BCUT2D eigenvalue weighted by atomic mass is 10.1. The van der Waals surface area contributed by atoms with Gasteiger partial charge in [0.05, 0.1) is 10.6 Å². The number of nitrogens with zero attached hydrogens (tertiary/aromatic N) is 1. The van der Waals surface area contributed by atoms with Crippen LogP contribution in [0.15, 0.2) is 58.4 Å². The first-order valence-corrected chi connectivity index (χ1v) is 11.3. The lowest BCUT2D eigenvalue weighted by Crippen LogP contribution is -2.36. The Morgan fingerprint density at radius 3 is 2.46 bits per heavy atom. The molecule has 4 rings (SSSR count). The summed E-state index contributed by atoms with van der Waals surface area (Å²) in [5, 5.41) is 3.43. The quantitative estimate of drug-likeness (QED) is 0.751. The third kappa shape index (κ3) is 4.47. The zero-order chi connectivity index (χ0) is 19.4. The lowest BCUT2D eigenvalue weighted by molar-refractivity contribution is 0.264. The Hall–Kier alpha value is -2.54. The van der Waals surface area contributed by atoms with E-state index in [9.17, 15) is 8.42 Å². The van der Waals surface area contributed by atoms with Gasteiger partial charge in [-0.1, -0.05) is 43.9 Å². The van der Waals surface area contributed by atoms with E-state index in [1.807, 2.05) is 6.07 Å². The molecule has 0 unspecified atom stereocenters. The highest BCUT2D eigenvalue weighted by Crippen LogP contribution is 2.29. The number of anilines is 1. The largest absolute Gasteiger partial charge is 0.460 e. The summed E-state index contributed by atoms with van der Waals surface area (Å²) >= 11 is 0. The molecule has 1 saturated carbocycles. The van der Waals surface area contributed by atoms with Crippen molar-refractivity contribution in [3.8, 4) is 0 Å². The highest BCUT2D eigenvalue weighted by molar-refractivity contribution is 7.92. The SMILES string of the molecule is O=S(=O)(Nc1ccc2c(c1)COC(NC1CCCCCC1)=N2)c1ccccc1. The van der Waals surface area contributed by atoms with Crippen LogP contribution >= 0.6 is 0 Å². The van der Waals surface area contributed by atoms with Gasteiger partial charge in [-0.25, -0.2) is 8.42 Å². The highest BCUT2D eigenvalue weighted by Gasteiger charge is 2.20.